The first-order chi connectivity index (χ1) is 9.76. The minimum Gasteiger partial charge on any atom is -0.370 e. The van der Waals surface area contributed by atoms with Gasteiger partial charge >= 0.3 is 0 Å². The number of anilines is 1. The van der Waals surface area contributed by atoms with Crippen LogP contribution in [0.5, 0.6) is 0 Å². The molecule has 3 heterocycles. The predicted octanol–water partition coefficient (Wildman–Crippen LogP) is 3.32. The zero-order valence-corrected chi connectivity index (χ0v) is 11.5. The number of benzene rings is 2. The summed E-state index contributed by atoms with van der Waals surface area (Å²) in [6, 6.07) is 18.9. The van der Waals surface area contributed by atoms with Crippen molar-refractivity contribution in [2.24, 2.45) is 0 Å². The summed E-state index contributed by atoms with van der Waals surface area (Å²) in [5.41, 5.74) is 3.13. The molecule has 2 heteroatoms. The molecule has 3 aliphatic rings. The van der Waals surface area contributed by atoms with Gasteiger partial charge in [-0.2, -0.15) is 0 Å². The third-order valence-electron chi connectivity index (χ3n) is 4.77. The van der Waals surface area contributed by atoms with E-state index in [2.05, 4.69) is 41.3 Å². The Morgan fingerprint density at radius 2 is 1.80 bits per heavy atom. The number of piperidine rings is 1. The van der Waals surface area contributed by atoms with Crippen molar-refractivity contribution in [2.45, 2.75) is 30.9 Å². The van der Waals surface area contributed by atoms with Crippen LogP contribution in [-0.2, 0) is 6.42 Å². The number of aliphatic hydroxyl groups is 1. The van der Waals surface area contributed by atoms with E-state index in [4.69, 9.17) is 0 Å². The Morgan fingerprint density at radius 1 is 1.05 bits per heavy atom. The van der Waals surface area contributed by atoms with Crippen LogP contribution in [-0.4, -0.2) is 17.4 Å². The third-order valence-corrected chi connectivity index (χ3v) is 4.77. The van der Waals surface area contributed by atoms with Crippen molar-refractivity contribution in [2.75, 3.05) is 11.4 Å². The van der Waals surface area contributed by atoms with E-state index in [0.29, 0.717) is 12.3 Å². The molecule has 1 saturated heterocycles. The van der Waals surface area contributed by atoms with E-state index in [1.807, 2.05) is 18.2 Å². The van der Waals surface area contributed by atoms with Crippen molar-refractivity contribution in [1.29, 1.82) is 0 Å². The van der Waals surface area contributed by atoms with Gasteiger partial charge in [0.1, 0.15) is 5.72 Å². The summed E-state index contributed by atoms with van der Waals surface area (Å²) >= 11 is 0. The highest BCUT2D eigenvalue weighted by atomic mass is 16.3. The molecule has 2 aromatic carbocycles. The van der Waals surface area contributed by atoms with E-state index in [1.165, 1.54) is 16.8 Å². The van der Waals surface area contributed by atoms with Gasteiger partial charge in [-0.3, -0.25) is 0 Å². The quantitative estimate of drug-likeness (QED) is 0.900. The number of rotatable bonds is 2. The lowest BCUT2D eigenvalue weighted by Crippen LogP contribution is -2.58. The molecule has 2 nitrogen and oxygen atoms in total. The molecule has 2 unspecified atom stereocenters. The first-order valence-electron chi connectivity index (χ1n) is 7.39. The lowest BCUT2D eigenvalue weighted by molar-refractivity contribution is -0.000747. The summed E-state index contributed by atoms with van der Waals surface area (Å²) in [5.74, 6) is 0.505. The summed E-state index contributed by atoms with van der Waals surface area (Å²) in [6.07, 6.45) is 2.71. The molecular formula is C18H19NO. The summed E-state index contributed by atoms with van der Waals surface area (Å²) in [4.78, 5) is 2.22. The van der Waals surface area contributed by atoms with Crippen LogP contribution in [0.25, 0.3) is 0 Å². The van der Waals surface area contributed by atoms with Gasteiger partial charge in [0.25, 0.3) is 0 Å². The van der Waals surface area contributed by atoms with Crippen molar-refractivity contribution in [3.63, 3.8) is 0 Å². The van der Waals surface area contributed by atoms with Crippen LogP contribution in [0.4, 0.5) is 5.69 Å². The molecule has 1 fully saturated rings. The van der Waals surface area contributed by atoms with Gasteiger partial charge in [0.05, 0.1) is 0 Å². The molecule has 2 aromatic rings. The molecule has 0 amide bonds. The molecule has 102 valence electrons. The number of hydrogen-bond donors (Lipinski definition) is 1. The average molecular weight is 265 g/mol. The second-order valence-corrected chi connectivity index (χ2v) is 6.05. The predicted molar refractivity (Wildman–Crippen MR) is 80.9 cm³/mol. The van der Waals surface area contributed by atoms with Gasteiger partial charge in [0.15, 0.2) is 0 Å². The fourth-order valence-electron chi connectivity index (χ4n) is 3.88. The summed E-state index contributed by atoms with van der Waals surface area (Å²) in [6.45, 7) is 0.963. The zero-order valence-electron chi connectivity index (χ0n) is 11.5. The van der Waals surface area contributed by atoms with Gasteiger partial charge in [-0.05, 0) is 29.5 Å². The maximum atomic E-state index is 11.2. The van der Waals surface area contributed by atoms with Crippen LogP contribution in [0, 0.1) is 0 Å². The molecule has 2 atom stereocenters. The van der Waals surface area contributed by atoms with E-state index >= 15 is 0 Å². The van der Waals surface area contributed by atoms with E-state index in [9.17, 15) is 5.11 Å². The number of hydrogen-bond acceptors (Lipinski definition) is 2. The number of fused-ring (bicyclic) bond motifs is 2. The Labute approximate surface area is 119 Å². The van der Waals surface area contributed by atoms with Crippen molar-refractivity contribution >= 4 is 5.69 Å². The molecule has 3 aliphatic heterocycles. The molecule has 20 heavy (non-hydrogen) atoms. The lowest BCUT2D eigenvalue weighted by atomic mass is 9.75. The maximum Gasteiger partial charge on any atom is 0.142 e. The molecule has 0 aliphatic carbocycles. The van der Waals surface area contributed by atoms with Crippen LogP contribution in [0.3, 0.4) is 0 Å². The van der Waals surface area contributed by atoms with Gasteiger partial charge in [-0.25, -0.2) is 0 Å². The van der Waals surface area contributed by atoms with Crippen molar-refractivity contribution in [1.82, 2.24) is 0 Å². The summed E-state index contributed by atoms with van der Waals surface area (Å²) < 4.78 is 0. The minimum atomic E-state index is -0.724. The fraction of sp³-hybridized carbons (Fsp3) is 0.333. The smallest absolute Gasteiger partial charge is 0.142 e. The highest BCUT2D eigenvalue weighted by Gasteiger charge is 2.46. The standard InChI is InChI=1S/C18H19NO/c20-18(12-14-6-2-1-3-7-14)13-15-10-11-19(18)17-9-5-4-8-16(15)17/h1-9,15,20H,10-13H2. The van der Waals surface area contributed by atoms with Crippen LogP contribution < -0.4 is 4.90 Å². The van der Waals surface area contributed by atoms with E-state index in [-0.39, 0.29) is 0 Å². The first-order valence-corrected chi connectivity index (χ1v) is 7.39. The zero-order chi connectivity index (χ0) is 13.6. The van der Waals surface area contributed by atoms with Crippen molar-refractivity contribution in [3.8, 4) is 0 Å². The molecule has 0 spiro atoms. The van der Waals surface area contributed by atoms with Crippen molar-refractivity contribution in [3.05, 3.63) is 65.7 Å². The van der Waals surface area contributed by atoms with Crippen molar-refractivity contribution < 1.29 is 5.11 Å². The Hall–Kier alpha value is -1.80. The van der Waals surface area contributed by atoms with Gasteiger partial charge in [-0.1, -0.05) is 48.5 Å². The largest absolute Gasteiger partial charge is 0.370 e. The van der Waals surface area contributed by atoms with Crippen LogP contribution in [0.2, 0.25) is 0 Å². The van der Waals surface area contributed by atoms with Gasteiger partial charge < -0.3 is 10.0 Å². The first kappa shape index (κ1) is 12.0. The monoisotopic (exact) mass is 265 g/mol. The number of nitrogens with zero attached hydrogens (tertiary/aromatic N) is 1. The topological polar surface area (TPSA) is 23.5 Å². The van der Waals surface area contributed by atoms with Crippen LogP contribution in [0.1, 0.15) is 29.9 Å². The minimum absolute atomic E-state index is 0.505. The molecule has 0 radical (unpaired) electrons. The maximum absolute atomic E-state index is 11.2. The number of para-hydroxylation sites is 1. The van der Waals surface area contributed by atoms with Gasteiger partial charge in [0, 0.05) is 25.1 Å². The van der Waals surface area contributed by atoms with E-state index in [0.717, 1.165) is 19.4 Å². The second kappa shape index (κ2) is 4.35. The Kier molecular flexibility index (Phi) is 2.61. The van der Waals surface area contributed by atoms with Gasteiger partial charge in [0.2, 0.25) is 0 Å². The molecule has 5 rings (SSSR count). The summed E-state index contributed by atoms with van der Waals surface area (Å²) in [7, 11) is 0. The highest BCUT2D eigenvalue weighted by molar-refractivity contribution is 5.61. The molecule has 0 saturated carbocycles. The molecule has 1 N–H and O–H groups in total. The van der Waals surface area contributed by atoms with E-state index < -0.39 is 5.72 Å². The third kappa shape index (κ3) is 1.75. The van der Waals surface area contributed by atoms with Gasteiger partial charge in [-0.15, -0.1) is 0 Å². The average Bonchev–Trinajstić information content (AvgIpc) is 2.48. The SMILES string of the molecule is OC1(Cc2ccccc2)CC2CCN1c1ccccc12. The van der Waals surface area contributed by atoms with Crippen LogP contribution in [0.15, 0.2) is 54.6 Å². The molecule has 0 aromatic heterocycles. The summed E-state index contributed by atoms with van der Waals surface area (Å²) in [5, 5.41) is 11.2. The van der Waals surface area contributed by atoms with E-state index in [1.54, 1.807) is 0 Å². The normalized spacial score (nSPS) is 27.4. The highest BCUT2D eigenvalue weighted by Crippen LogP contribution is 2.49. The fourth-order valence-corrected chi connectivity index (χ4v) is 3.88. The van der Waals surface area contributed by atoms with Crippen LogP contribution >= 0.6 is 0 Å². The lowest BCUT2D eigenvalue weighted by Gasteiger charge is -2.53. The Bertz CT molecular complexity index is 624. The Balaban J connectivity index is 1.72. The second-order valence-electron chi connectivity index (χ2n) is 6.05. The molecule has 2 bridgehead atoms. The Morgan fingerprint density at radius 3 is 2.65 bits per heavy atom. The molecular weight excluding hydrogens is 246 g/mol.